The fourth-order valence-corrected chi connectivity index (χ4v) is 6.32. The zero-order chi connectivity index (χ0) is 26.8. The second kappa shape index (κ2) is 10.9. The lowest BCUT2D eigenvalue weighted by Crippen LogP contribution is -2.29. The summed E-state index contributed by atoms with van der Waals surface area (Å²) >= 11 is 2.79. The van der Waals surface area contributed by atoms with Gasteiger partial charge in [0.05, 0.1) is 11.6 Å². The minimum absolute atomic E-state index is 0.0571. The summed E-state index contributed by atoms with van der Waals surface area (Å²) in [5.74, 6) is -0.929. The van der Waals surface area contributed by atoms with Crippen molar-refractivity contribution in [1.82, 2.24) is 10.2 Å². The number of anilines is 1. The van der Waals surface area contributed by atoms with Crippen molar-refractivity contribution in [3.63, 3.8) is 0 Å². The van der Waals surface area contributed by atoms with Crippen LogP contribution < -0.4 is 4.90 Å². The monoisotopic (exact) mass is 541 g/mol. The molecular weight excluding hydrogens is 514 g/mol. The smallest absolute Gasteiger partial charge is 0.301 e. The molecule has 5 rings (SSSR count). The molecule has 1 unspecified atom stereocenters. The van der Waals surface area contributed by atoms with E-state index in [9.17, 15) is 14.7 Å². The van der Waals surface area contributed by atoms with Crippen LogP contribution in [-0.2, 0) is 21.8 Å². The molecule has 1 fully saturated rings. The van der Waals surface area contributed by atoms with E-state index in [4.69, 9.17) is 0 Å². The molecule has 0 spiro atoms. The predicted molar refractivity (Wildman–Crippen MR) is 152 cm³/mol. The molecule has 4 aromatic rings. The molecule has 1 aliphatic heterocycles. The fourth-order valence-electron chi connectivity index (χ4n) is 4.49. The topological polar surface area (TPSA) is 83.4 Å². The Morgan fingerprint density at radius 2 is 1.71 bits per heavy atom. The number of nitrogens with zero attached hydrogens (tertiary/aromatic N) is 3. The van der Waals surface area contributed by atoms with Crippen LogP contribution in [0.1, 0.15) is 46.3 Å². The lowest BCUT2D eigenvalue weighted by Gasteiger charge is -2.23. The maximum absolute atomic E-state index is 13.5. The lowest BCUT2D eigenvalue weighted by molar-refractivity contribution is -0.132. The van der Waals surface area contributed by atoms with Crippen molar-refractivity contribution in [3.05, 3.63) is 112 Å². The van der Waals surface area contributed by atoms with Crippen molar-refractivity contribution in [1.29, 1.82) is 0 Å². The molecule has 1 saturated heterocycles. The van der Waals surface area contributed by atoms with Crippen LogP contribution in [0, 0.1) is 13.8 Å². The second-order valence-electron chi connectivity index (χ2n) is 9.21. The van der Waals surface area contributed by atoms with E-state index in [0.717, 1.165) is 34.2 Å². The van der Waals surface area contributed by atoms with Gasteiger partial charge in [-0.15, -0.1) is 10.2 Å². The van der Waals surface area contributed by atoms with E-state index in [1.807, 2.05) is 86.6 Å². The molecular formula is C30H27N3O3S2. The first kappa shape index (κ1) is 25.9. The molecule has 6 nitrogen and oxygen atoms in total. The van der Waals surface area contributed by atoms with E-state index in [0.29, 0.717) is 20.8 Å². The highest BCUT2D eigenvalue weighted by atomic mass is 32.2. The summed E-state index contributed by atoms with van der Waals surface area (Å²) in [6.07, 6.45) is 0.862. The third kappa shape index (κ3) is 5.01. The van der Waals surface area contributed by atoms with Crippen molar-refractivity contribution < 1.29 is 14.7 Å². The van der Waals surface area contributed by atoms with Crippen molar-refractivity contribution in [2.24, 2.45) is 0 Å². The van der Waals surface area contributed by atoms with Gasteiger partial charge in [-0.3, -0.25) is 14.5 Å². The number of ketones is 1. The Hall–Kier alpha value is -3.75. The average molecular weight is 542 g/mol. The van der Waals surface area contributed by atoms with Crippen molar-refractivity contribution in [3.8, 4) is 0 Å². The summed E-state index contributed by atoms with van der Waals surface area (Å²) in [6, 6.07) is 22.7. The van der Waals surface area contributed by atoms with Crippen LogP contribution in [-0.4, -0.2) is 27.0 Å². The van der Waals surface area contributed by atoms with Gasteiger partial charge in [0.25, 0.3) is 5.78 Å². The Morgan fingerprint density at radius 3 is 2.42 bits per heavy atom. The van der Waals surface area contributed by atoms with Gasteiger partial charge < -0.3 is 5.11 Å². The largest absolute Gasteiger partial charge is 0.507 e. The highest BCUT2D eigenvalue weighted by molar-refractivity contribution is 8.00. The minimum Gasteiger partial charge on any atom is -0.507 e. The molecule has 2 heterocycles. The summed E-state index contributed by atoms with van der Waals surface area (Å²) < 4.78 is 0.695. The highest BCUT2D eigenvalue weighted by Crippen LogP contribution is 2.44. The maximum Gasteiger partial charge on any atom is 0.301 e. The molecule has 1 amide bonds. The van der Waals surface area contributed by atoms with Gasteiger partial charge in [-0.25, -0.2) is 0 Å². The van der Waals surface area contributed by atoms with E-state index in [-0.39, 0.29) is 11.3 Å². The summed E-state index contributed by atoms with van der Waals surface area (Å²) in [6.45, 7) is 5.86. The van der Waals surface area contributed by atoms with Gasteiger partial charge in [-0.05, 0) is 48.6 Å². The molecule has 8 heteroatoms. The first-order valence-corrected chi connectivity index (χ1v) is 14.1. The zero-order valence-electron chi connectivity index (χ0n) is 21.3. The summed E-state index contributed by atoms with van der Waals surface area (Å²) in [5, 5.41) is 20.4. The second-order valence-corrected chi connectivity index (χ2v) is 11.4. The van der Waals surface area contributed by atoms with Crippen molar-refractivity contribution >= 4 is 45.7 Å². The third-order valence-electron chi connectivity index (χ3n) is 6.60. The normalized spacial score (nSPS) is 16.8. The predicted octanol–water partition coefficient (Wildman–Crippen LogP) is 6.64. The van der Waals surface area contributed by atoms with Crippen molar-refractivity contribution in [2.75, 3.05) is 4.90 Å². The number of hydrogen-bond donors (Lipinski definition) is 1. The average Bonchev–Trinajstić information content (AvgIpc) is 3.51. The lowest BCUT2D eigenvalue weighted by atomic mass is 9.93. The van der Waals surface area contributed by atoms with Crippen LogP contribution in [0.3, 0.4) is 0 Å². The number of Topliss-reactive ketones (excluding diaryl/α,β-unsaturated/α-hetero) is 1. The number of aliphatic hydroxyl groups is 1. The Kier molecular flexibility index (Phi) is 7.44. The summed E-state index contributed by atoms with van der Waals surface area (Å²) in [5.41, 5.74) is 5.36. The first-order valence-electron chi connectivity index (χ1n) is 12.3. The Balaban J connectivity index is 1.58. The van der Waals surface area contributed by atoms with E-state index >= 15 is 0 Å². The van der Waals surface area contributed by atoms with Gasteiger partial charge in [0.1, 0.15) is 5.76 Å². The number of carbonyl (C=O) groups is 2. The number of aromatic nitrogens is 2. The van der Waals surface area contributed by atoms with E-state index in [1.165, 1.54) is 28.0 Å². The first-order chi connectivity index (χ1) is 18.4. The molecule has 0 aliphatic carbocycles. The SMILES string of the molecule is CCc1ccc(C2/C(=C(\O)c3cc(C)ccc3C)C(=O)C(=O)N2c2nnc(SCc3ccccc3)s2)cc1. The maximum atomic E-state index is 13.5. The number of benzene rings is 3. The summed E-state index contributed by atoms with van der Waals surface area (Å²) in [7, 11) is 0. The Labute approximate surface area is 230 Å². The molecule has 192 valence electrons. The van der Waals surface area contributed by atoms with Crippen LogP contribution in [0.2, 0.25) is 0 Å². The standard InChI is InChI=1S/C30H27N3O3S2/c1-4-20-12-14-22(15-13-20)25-24(26(34)23-16-18(2)10-11-19(23)3)27(35)28(36)33(25)29-31-32-30(38-29)37-17-21-8-6-5-7-9-21/h5-16,25,34H,4,17H2,1-3H3/b26-24+. The molecule has 1 aromatic heterocycles. The Morgan fingerprint density at radius 1 is 0.974 bits per heavy atom. The fraction of sp³-hybridized carbons (Fsp3) is 0.200. The molecule has 3 aromatic carbocycles. The zero-order valence-corrected chi connectivity index (χ0v) is 23.0. The molecule has 0 radical (unpaired) electrons. The highest BCUT2D eigenvalue weighted by Gasteiger charge is 2.48. The van der Waals surface area contributed by atoms with Gasteiger partial charge in [0.15, 0.2) is 4.34 Å². The third-order valence-corrected chi connectivity index (χ3v) is 8.73. The number of hydrogen-bond acceptors (Lipinski definition) is 7. The number of thioether (sulfide) groups is 1. The van der Waals surface area contributed by atoms with Crippen molar-refractivity contribution in [2.45, 2.75) is 43.3 Å². The quantitative estimate of drug-likeness (QED) is 0.0929. The Bertz CT molecular complexity index is 1530. The van der Waals surface area contributed by atoms with Gasteiger partial charge >= 0.3 is 5.91 Å². The van der Waals surface area contributed by atoms with Crippen LogP contribution in [0.15, 0.2) is 82.7 Å². The number of rotatable bonds is 7. The van der Waals surface area contributed by atoms with Crippen LogP contribution in [0.25, 0.3) is 5.76 Å². The van der Waals surface area contributed by atoms with E-state index in [2.05, 4.69) is 17.1 Å². The molecule has 1 N–H and O–H groups in total. The number of aryl methyl sites for hydroxylation is 3. The van der Waals surface area contributed by atoms with Gasteiger partial charge in [0.2, 0.25) is 5.13 Å². The number of amides is 1. The number of aliphatic hydroxyl groups excluding tert-OH is 1. The van der Waals surface area contributed by atoms with Gasteiger partial charge in [0, 0.05) is 11.3 Å². The van der Waals surface area contributed by atoms with Crippen LogP contribution in [0.4, 0.5) is 5.13 Å². The van der Waals surface area contributed by atoms with Crippen LogP contribution >= 0.6 is 23.1 Å². The molecule has 1 aliphatic rings. The number of carbonyl (C=O) groups excluding carboxylic acids is 2. The van der Waals surface area contributed by atoms with E-state index < -0.39 is 17.7 Å². The molecule has 1 atom stereocenters. The van der Waals surface area contributed by atoms with Gasteiger partial charge in [-0.2, -0.15) is 0 Å². The van der Waals surface area contributed by atoms with E-state index in [1.54, 1.807) is 0 Å². The molecule has 0 bridgehead atoms. The minimum atomic E-state index is -0.819. The molecule has 38 heavy (non-hydrogen) atoms. The van der Waals surface area contributed by atoms with Crippen LogP contribution in [0.5, 0.6) is 0 Å². The molecule has 0 saturated carbocycles. The summed E-state index contributed by atoms with van der Waals surface area (Å²) in [4.78, 5) is 28.3. The van der Waals surface area contributed by atoms with Gasteiger partial charge in [-0.1, -0.05) is 102 Å².